The Morgan fingerprint density at radius 3 is 1.31 bits per heavy atom. The van der Waals surface area contributed by atoms with E-state index in [1.165, 1.54) is 54.1 Å². The summed E-state index contributed by atoms with van der Waals surface area (Å²) >= 11 is 0. The summed E-state index contributed by atoms with van der Waals surface area (Å²) in [6.07, 6.45) is 0.720. The lowest BCUT2D eigenvalue weighted by Gasteiger charge is -2.09. The fraction of sp³-hybridized carbons (Fsp3) is 0.0417. The maximum absolute atomic E-state index is 12.3. The highest BCUT2D eigenvalue weighted by Gasteiger charge is 2.17. The third-order valence-electron chi connectivity index (χ3n) is 10.7. The second kappa shape index (κ2) is 16.5. The highest BCUT2D eigenvalue weighted by molar-refractivity contribution is 7.86. The van der Waals surface area contributed by atoms with Crippen LogP contribution >= 0.6 is 0 Å². The van der Waals surface area contributed by atoms with Crippen LogP contribution in [0, 0.1) is 6.92 Å². The third kappa shape index (κ3) is 8.41. The first kappa shape index (κ1) is 41.6. The van der Waals surface area contributed by atoms with Crippen LogP contribution < -0.4 is 0 Å². The number of nitrogens with zero attached hydrogens (tertiary/aromatic N) is 6. The molecule has 0 unspecified atom stereocenters. The molecule has 0 aliphatic rings. The molecule has 0 heterocycles. The van der Waals surface area contributed by atoms with E-state index in [9.17, 15) is 36.2 Å². The molecule has 9 rings (SSSR count). The number of aryl methyl sites for hydroxylation is 1. The molecule has 0 bridgehead atoms. The molecule has 0 saturated carbocycles. The molecular formula is C48H34N6O8S2. The number of phenolic OH excluding ortho intramolecular Hbond substituents is 2. The van der Waals surface area contributed by atoms with Gasteiger partial charge in [-0.3, -0.25) is 9.11 Å². The van der Waals surface area contributed by atoms with Crippen LogP contribution in [-0.2, 0) is 26.7 Å². The highest BCUT2D eigenvalue weighted by Crippen LogP contribution is 2.42. The zero-order valence-electron chi connectivity index (χ0n) is 33.6. The van der Waals surface area contributed by atoms with Crippen molar-refractivity contribution in [3.05, 3.63) is 168 Å². The van der Waals surface area contributed by atoms with E-state index >= 15 is 0 Å². The zero-order chi connectivity index (χ0) is 44.8. The Morgan fingerprint density at radius 1 is 0.391 bits per heavy atom. The molecule has 316 valence electrons. The Labute approximate surface area is 365 Å². The number of aromatic hydroxyl groups is 2. The van der Waals surface area contributed by atoms with E-state index in [-0.39, 0.29) is 50.7 Å². The average Bonchev–Trinajstić information content (AvgIpc) is 3.28. The minimum Gasteiger partial charge on any atom is -0.505 e. The standard InChI is InChI=1S/C48H34N6O8S2/c1-28-6-8-29(9-7-28)24-30-10-15-36-32(25-30)12-19-46(48(36)56)54-52-44-23-20-41(37-16-13-34(27-40(37)44)64(60,61)62)49-51-43-22-21-42(38-17-14-33(26-39(38)43)63(57,58)59)50-53-45-18-11-31-4-2-3-5-35(31)47(45)55/h2-23,25-27,55-56H,24H2,1H3,(H,57,58,59)(H,60,61,62). The summed E-state index contributed by atoms with van der Waals surface area (Å²) in [7, 11) is -9.29. The van der Waals surface area contributed by atoms with Crippen molar-refractivity contribution in [3.63, 3.8) is 0 Å². The van der Waals surface area contributed by atoms with Crippen molar-refractivity contribution in [3.8, 4) is 11.5 Å². The normalized spacial score (nSPS) is 12.5. The van der Waals surface area contributed by atoms with Crippen LogP contribution in [0.4, 0.5) is 34.1 Å². The summed E-state index contributed by atoms with van der Waals surface area (Å²) in [5.74, 6) is -0.163. The molecule has 14 nitrogen and oxygen atoms in total. The van der Waals surface area contributed by atoms with Crippen LogP contribution in [0.25, 0.3) is 43.1 Å². The van der Waals surface area contributed by atoms with Gasteiger partial charge in [0.25, 0.3) is 20.2 Å². The maximum Gasteiger partial charge on any atom is 0.294 e. The summed E-state index contributed by atoms with van der Waals surface area (Å²) < 4.78 is 68.8. The first-order chi connectivity index (χ1) is 30.7. The lowest BCUT2D eigenvalue weighted by molar-refractivity contribution is 0.481. The number of hydrogen-bond donors (Lipinski definition) is 4. The summed E-state index contributed by atoms with van der Waals surface area (Å²) in [5.41, 5.74) is 4.66. The Hall–Kier alpha value is -7.76. The molecule has 9 aromatic rings. The van der Waals surface area contributed by atoms with E-state index in [2.05, 4.69) is 55.0 Å². The molecule has 0 aliphatic carbocycles. The fourth-order valence-electron chi connectivity index (χ4n) is 7.39. The molecular weight excluding hydrogens is 853 g/mol. The van der Waals surface area contributed by atoms with Crippen LogP contribution in [0.5, 0.6) is 11.5 Å². The van der Waals surface area contributed by atoms with E-state index in [4.69, 9.17) is 0 Å². The molecule has 0 radical (unpaired) electrons. The van der Waals surface area contributed by atoms with Gasteiger partial charge in [0.05, 0.1) is 32.5 Å². The Kier molecular flexibility index (Phi) is 10.7. The molecule has 64 heavy (non-hydrogen) atoms. The minimum atomic E-state index is -4.65. The average molecular weight is 887 g/mol. The van der Waals surface area contributed by atoms with Gasteiger partial charge < -0.3 is 10.2 Å². The van der Waals surface area contributed by atoms with Crippen LogP contribution in [-0.4, -0.2) is 36.2 Å². The van der Waals surface area contributed by atoms with E-state index in [1.54, 1.807) is 42.5 Å². The molecule has 4 N–H and O–H groups in total. The van der Waals surface area contributed by atoms with Gasteiger partial charge in [-0.2, -0.15) is 16.8 Å². The molecule has 0 fully saturated rings. The van der Waals surface area contributed by atoms with Gasteiger partial charge in [0, 0.05) is 32.3 Å². The minimum absolute atomic E-state index is 0.0658. The third-order valence-corrected chi connectivity index (χ3v) is 12.4. The molecule has 9 aromatic carbocycles. The summed E-state index contributed by atoms with van der Waals surface area (Å²) in [5, 5.41) is 52.3. The van der Waals surface area contributed by atoms with Gasteiger partial charge in [0.2, 0.25) is 0 Å². The Balaban J connectivity index is 1.07. The summed E-state index contributed by atoms with van der Waals surface area (Å²) in [6, 6.07) is 42.1. The molecule has 0 saturated heterocycles. The Bertz CT molecular complexity index is 3690. The topological polar surface area (TPSA) is 223 Å². The second-order valence-electron chi connectivity index (χ2n) is 15.0. The van der Waals surface area contributed by atoms with Gasteiger partial charge >= 0.3 is 0 Å². The van der Waals surface area contributed by atoms with E-state index in [1.807, 2.05) is 43.3 Å². The monoisotopic (exact) mass is 886 g/mol. The zero-order valence-corrected chi connectivity index (χ0v) is 35.2. The van der Waals surface area contributed by atoms with Gasteiger partial charge in [0.15, 0.2) is 11.5 Å². The van der Waals surface area contributed by atoms with Crippen LogP contribution in [0.2, 0.25) is 0 Å². The molecule has 0 atom stereocenters. The highest BCUT2D eigenvalue weighted by atomic mass is 32.2. The molecule has 0 amide bonds. The number of azo groups is 3. The van der Waals surface area contributed by atoms with Gasteiger partial charge in [0.1, 0.15) is 11.4 Å². The van der Waals surface area contributed by atoms with Crippen molar-refractivity contribution in [2.75, 3.05) is 0 Å². The van der Waals surface area contributed by atoms with E-state index in [0.717, 1.165) is 28.3 Å². The molecule has 0 aliphatic heterocycles. The van der Waals surface area contributed by atoms with Gasteiger partial charge in [-0.05, 0) is 95.9 Å². The lowest BCUT2D eigenvalue weighted by Crippen LogP contribution is -1.97. The van der Waals surface area contributed by atoms with Gasteiger partial charge in [-0.1, -0.05) is 96.6 Å². The fourth-order valence-corrected chi connectivity index (χ4v) is 8.41. The second-order valence-corrected chi connectivity index (χ2v) is 17.8. The van der Waals surface area contributed by atoms with Crippen molar-refractivity contribution >= 4 is 97.5 Å². The predicted octanol–water partition coefficient (Wildman–Crippen LogP) is 13.3. The summed E-state index contributed by atoms with van der Waals surface area (Å²) in [4.78, 5) is -0.818. The largest absolute Gasteiger partial charge is 0.505 e. The van der Waals surface area contributed by atoms with Crippen LogP contribution in [0.3, 0.4) is 0 Å². The number of hydrogen-bond acceptors (Lipinski definition) is 12. The molecule has 16 heteroatoms. The SMILES string of the molecule is Cc1ccc(Cc2ccc3c(O)c(N=Nc4ccc(N=Nc5ccc(N=Nc6ccc7ccccc7c6O)c6ccc(S(=O)(=O)O)cc56)c5ccc(S(=O)(=O)O)cc45)ccc3c2)cc1. The van der Waals surface area contributed by atoms with Crippen molar-refractivity contribution in [1.82, 2.24) is 0 Å². The Morgan fingerprint density at radius 2 is 0.797 bits per heavy atom. The van der Waals surface area contributed by atoms with E-state index in [0.29, 0.717) is 27.2 Å². The first-order valence-electron chi connectivity index (χ1n) is 19.5. The quantitative estimate of drug-likeness (QED) is 0.0761. The smallest absolute Gasteiger partial charge is 0.294 e. The number of rotatable bonds is 10. The van der Waals surface area contributed by atoms with Gasteiger partial charge in [-0.15, -0.1) is 30.7 Å². The maximum atomic E-state index is 12.3. The molecule has 0 spiro atoms. The van der Waals surface area contributed by atoms with Gasteiger partial charge in [-0.25, -0.2) is 0 Å². The molecule has 0 aromatic heterocycles. The van der Waals surface area contributed by atoms with E-state index < -0.39 is 30.0 Å². The van der Waals surface area contributed by atoms with Crippen molar-refractivity contribution in [2.45, 2.75) is 23.1 Å². The predicted molar refractivity (Wildman–Crippen MR) is 245 cm³/mol. The lowest BCUT2D eigenvalue weighted by atomic mass is 10.00. The van der Waals surface area contributed by atoms with Crippen LogP contribution in [0.15, 0.2) is 192 Å². The number of benzene rings is 9. The first-order valence-corrected chi connectivity index (χ1v) is 22.4. The van der Waals surface area contributed by atoms with Crippen LogP contribution in [0.1, 0.15) is 16.7 Å². The van der Waals surface area contributed by atoms with Crippen molar-refractivity contribution < 1.29 is 36.2 Å². The number of phenols is 2. The number of fused-ring (bicyclic) bond motifs is 4. The van der Waals surface area contributed by atoms with Crippen molar-refractivity contribution in [2.24, 2.45) is 30.7 Å². The summed E-state index contributed by atoms with van der Waals surface area (Å²) in [6.45, 7) is 2.04. The van der Waals surface area contributed by atoms with Crippen molar-refractivity contribution in [1.29, 1.82) is 0 Å².